The minimum Gasteiger partial charge on any atom is -0.396 e. The smallest absolute Gasteiger partial charge is 0.167 e. The summed E-state index contributed by atoms with van der Waals surface area (Å²) in [7, 11) is 0. The number of rotatable bonds is 4. The van der Waals surface area contributed by atoms with Gasteiger partial charge >= 0.3 is 0 Å². The molecule has 1 heterocycles. The number of hydrogen-bond acceptors (Lipinski definition) is 3. The summed E-state index contributed by atoms with van der Waals surface area (Å²) in [4.78, 5) is 12.1. The SMILES string of the molecule is CCn1cc(CC(=O)c2cc(Cl)c(N)c(Cl)c2)cn1. The molecule has 2 rings (SSSR count). The molecule has 2 aromatic rings. The molecule has 0 spiro atoms. The van der Waals surface area contributed by atoms with E-state index in [0.717, 1.165) is 12.1 Å². The molecule has 0 aliphatic carbocycles. The lowest BCUT2D eigenvalue weighted by atomic mass is 10.1. The van der Waals surface area contributed by atoms with Crippen LogP contribution in [0.25, 0.3) is 0 Å². The Morgan fingerprint density at radius 1 is 1.37 bits per heavy atom. The summed E-state index contributed by atoms with van der Waals surface area (Å²) in [6.07, 6.45) is 3.79. The number of nitrogens with two attached hydrogens (primary N) is 1. The molecule has 0 radical (unpaired) electrons. The van der Waals surface area contributed by atoms with Crippen molar-refractivity contribution >= 4 is 34.7 Å². The molecule has 0 unspecified atom stereocenters. The number of anilines is 1. The largest absolute Gasteiger partial charge is 0.396 e. The second-order valence-electron chi connectivity index (χ2n) is 4.16. The molecule has 0 amide bonds. The van der Waals surface area contributed by atoms with Gasteiger partial charge in [0.25, 0.3) is 0 Å². The van der Waals surface area contributed by atoms with E-state index in [-0.39, 0.29) is 12.2 Å². The molecule has 0 saturated carbocycles. The first kappa shape index (κ1) is 13.9. The molecule has 0 aliphatic rings. The highest BCUT2D eigenvalue weighted by molar-refractivity contribution is 6.39. The van der Waals surface area contributed by atoms with Crippen LogP contribution in [0, 0.1) is 0 Å². The summed E-state index contributed by atoms with van der Waals surface area (Å²) in [6.45, 7) is 2.76. The first-order valence-electron chi connectivity index (χ1n) is 5.80. The fourth-order valence-corrected chi connectivity index (χ4v) is 2.19. The molecule has 4 nitrogen and oxygen atoms in total. The van der Waals surface area contributed by atoms with Crippen LogP contribution >= 0.6 is 23.2 Å². The molecule has 1 aromatic heterocycles. The Balaban J connectivity index is 2.20. The van der Waals surface area contributed by atoms with Crippen LogP contribution in [-0.2, 0) is 13.0 Å². The Hall–Kier alpha value is -1.52. The molecular formula is C13H13Cl2N3O. The quantitative estimate of drug-likeness (QED) is 0.696. The topological polar surface area (TPSA) is 60.9 Å². The van der Waals surface area contributed by atoms with E-state index in [2.05, 4.69) is 5.10 Å². The third-order valence-corrected chi connectivity index (χ3v) is 3.40. The normalized spacial score (nSPS) is 10.7. The summed E-state index contributed by atoms with van der Waals surface area (Å²) >= 11 is 11.8. The molecule has 19 heavy (non-hydrogen) atoms. The van der Waals surface area contributed by atoms with E-state index in [1.54, 1.807) is 10.9 Å². The first-order valence-corrected chi connectivity index (χ1v) is 6.56. The summed E-state index contributed by atoms with van der Waals surface area (Å²) in [5.41, 5.74) is 7.24. The molecule has 0 atom stereocenters. The van der Waals surface area contributed by atoms with Crippen molar-refractivity contribution in [3.8, 4) is 0 Å². The van der Waals surface area contributed by atoms with E-state index in [1.807, 2.05) is 13.1 Å². The van der Waals surface area contributed by atoms with Gasteiger partial charge in [-0.05, 0) is 24.6 Å². The Morgan fingerprint density at radius 3 is 2.53 bits per heavy atom. The van der Waals surface area contributed by atoms with Crippen LogP contribution in [-0.4, -0.2) is 15.6 Å². The van der Waals surface area contributed by atoms with Gasteiger partial charge in [0.05, 0.1) is 21.9 Å². The van der Waals surface area contributed by atoms with Crippen molar-refractivity contribution in [2.24, 2.45) is 0 Å². The van der Waals surface area contributed by atoms with Gasteiger partial charge in [0.15, 0.2) is 5.78 Å². The van der Waals surface area contributed by atoms with Crippen LogP contribution in [0.15, 0.2) is 24.5 Å². The highest BCUT2D eigenvalue weighted by atomic mass is 35.5. The van der Waals surface area contributed by atoms with Gasteiger partial charge in [0.1, 0.15) is 0 Å². The average Bonchev–Trinajstić information content (AvgIpc) is 2.83. The van der Waals surface area contributed by atoms with E-state index in [9.17, 15) is 4.79 Å². The molecule has 0 fully saturated rings. The maximum Gasteiger partial charge on any atom is 0.167 e. The number of nitrogen functional groups attached to an aromatic ring is 1. The van der Waals surface area contributed by atoms with Crippen LogP contribution in [0.4, 0.5) is 5.69 Å². The predicted molar refractivity (Wildman–Crippen MR) is 76.8 cm³/mol. The van der Waals surface area contributed by atoms with Crippen LogP contribution in [0.2, 0.25) is 10.0 Å². The first-order chi connectivity index (χ1) is 9.01. The maximum atomic E-state index is 12.1. The number of benzene rings is 1. The van der Waals surface area contributed by atoms with Crippen molar-refractivity contribution in [3.05, 3.63) is 45.7 Å². The van der Waals surface area contributed by atoms with Crippen LogP contribution in [0.1, 0.15) is 22.8 Å². The van der Waals surface area contributed by atoms with Gasteiger partial charge in [-0.1, -0.05) is 23.2 Å². The fraction of sp³-hybridized carbons (Fsp3) is 0.231. The van der Waals surface area contributed by atoms with Gasteiger partial charge < -0.3 is 5.73 Å². The lowest BCUT2D eigenvalue weighted by Gasteiger charge is -2.05. The second-order valence-corrected chi connectivity index (χ2v) is 4.97. The van der Waals surface area contributed by atoms with E-state index in [1.165, 1.54) is 12.1 Å². The summed E-state index contributed by atoms with van der Waals surface area (Å²) < 4.78 is 1.77. The summed E-state index contributed by atoms with van der Waals surface area (Å²) in [6, 6.07) is 3.07. The van der Waals surface area contributed by atoms with Gasteiger partial charge in [0.2, 0.25) is 0 Å². The molecule has 0 saturated heterocycles. The number of aromatic nitrogens is 2. The van der Waals surface area contributed by atoms with Crippen LogP contribution in [0.5, 0.6) is 0 Å². The third kappa shape index (κ3) is 3.08. The Bertz CT molecular complexity index is 599. The zero-order valence-corrected chi connectivity index (χ0v) is 11.9. The molecule has 6 heteroatoms. The fourth-order valence-electron chi connectivity index (χ4n) is 1.70. The average molecular weight is 298 g/mol. The molecular weight excluding hydrogens is 285 g/mol. The van der Waals surface area contributed by atoms with Crippen molar-refractivity contribution in [1.29, 1.82) is 0 Å². The zero-order valence-electron chi connectivity index (χ0n) is 10.4. The van der Waals surface area contributed by atoms with E-state index < -0.39 is 0 Å². The summed E-state index contributed by atoms with van der Waals surface area (Å²) in [5.74, 6) is -0.0700. The van der Waals surface area contributed by atoms with E-state index >= 15 is 0 Å². The second kappa shape index (κ2) is 5.63. The summed E-state index contributed by atoms with van der Waals surface area (Å²) in [5, 5.41) is 4.71. The number of carbonyl (C=O) groups excluding carboxylic acids is 1. The van der Waals surface area contributed by atoms with Gasteiger partial charge in [-0.2, -0.15) is 5.10 Å². The van der Waals surface area contributed by atoms with E-state index in [0.29, 0.717) is 21.3 Å². The predicted octanol–water partition coefficient (Wildman–Crippen LogP) is 3.22. The molecule has 1 aromatic carbocycles. The van der Waals surface area contributed by atoms with Gasteiger partial charge in [-0.15, -0.1) is 0 Å². The lowest BCUT2D eigenvalue weighted by Crippen LogP contribution is -2.04. The Kier molecular flexibility index (Phi) is 4.12. The number of nitrogens with zero attached hydrogens (tertiary/aromatic N) is 2. The standard InChI is InChI=1S/C13H13Cl2N3O/c1-2-18-7-8(6-17-18)3-12(19)9-4-10(14)13(16)11(15)5-9/h4-7H,2-3,16H2,1H3. The maximum absolute atomic E-state index is 12.1. The number of carbonyl (C=O) groups is 1. The number of Topliss-reactive ketones (excluding diaryl/α,β-unsaturated/α-hetero) is 1. The molecule has 2 N–H and O–H groups in total. The number of halogens is 2. The lowest BCUT2D eigenvalue weighted by molar-refractivity contribution is 0.0993. The zero-order chi connectivity index (χ0) is 14.0. The van der Waals surface area contributed by atoms with Crippen molar-refractivity contribution in [2.75, 3.05) is 5.73 Å². The van der Waals surface area contributed by atoms with Crippen molar-refractivity contribution in [2.45, 2.75) is 19.9 Å². The molecule has 100 valence electrons. The van der Waals surface area contributed by atoms with Crippen LogP contribution in [0.3, 0.4) is 0 Å². The third-order valence-electron chi connectivity index (χ3n) is 2.78. The number of aryl methyl sites for hydroxylation is 1. The Labute approximate surface area is 121 Å². The van der Waals surface area contributed by atoms with Gasteiger partial charge in [-0.25, -0.2) is 0 Å². The molecule has 0 bridgehead atoms. The van der Waals surface area contributed by atoms with Crippen molar-refractivity contribution in [1.82, 2.24) is 9.78 Å². The van der Waals surface area contributed by atoms with Crippen molar-refractivity contribution in [3.63, 3.8) is 0 Å². The van der Waals surface area contributed by atoms with Crippen molar-refractivity contribution < 1.29 is 4.79 Å². The number of ketones is 1. The van der Waals surface area contributed by atoms with E-state index in [4.69, 9.17) is 28.9 Å². The van der Waals surface area contributed by atoms with Gasteiger partial charge in [-0.3, -0.25) is 9.48 Å². The number of hydrogen-bond donors (Lipinski definition) is 1. The monoisotopic (exact) mass is 297 g/mol. The highest BCUT2D eigenvalue weighted by Crippen LogP contribution is 2.29. The highest BCUT2D eigenvalue weighted by Gasteiger charge is 2.12. The van der Waals surface area contributed by atoms with Gasteiger partial charge in [0, 0.05) is 24.7 Å². The molecule has 0 aliphatic heterocycles. The Morgan fingerprint density at radius 2 is 2.00 bits per heavy atom. The van der Waals surface area contributed by atoms with Crippen LogP contribution < -0.4 is 5.73 Å². The minimum absolute atomic E-state index is 0.0700. The minimum atomic E-state index is -0.0700.